The van der Waals surface area contributed by atoms with Gasteiger partial charge in [-0.2, -0.15) is 0 Å². The zero-order chi connectivity index (χ0) is 10.1. The summed E-state index contributed by atoms with van der Waals surface area (Å²) >= 11 is 5.75. The van der Waals surface area contributed by atoms with Crippen molar-refractivity contribution in [2.45, 2.75) is 12.8 Å². The first-order valence-electron chi connectivity index (χ1n) is 4.82. The largest absolute Gasteiger partial charge is 0.306 e. The van der Waals surface area contributed by atoms with Gasteiger partial charge in [-0.05, 0) is 43.1 Å². The number of hydrogen-bond acceptors (Lipinski definition) is 1. The summed E-state index contributed by atoms with van der Waals surface area (Å²) in [5.74, 6) is -0.296. The summed E-state index contributed by atoms with van der Waals surface area (Å²) in [5.41, 5.74) is 2.30. The molecule has 1 aliphatic rings. The van der Waals surface area contributed by atoms with Crippen molar-refractivity contribution in [1.29, 1.82) is 0 Å². The van der Waals surface area contributed by atoms with Crippen LogP contribution in [0.1, 0.15) is 11.1 Å². The molecule has 0 N–H and O–H groups in total. The summed E-state index contributed by atoms with van der Waals surface area (Å²) in [6.07, 6.45) is 1.88. The normalized spacial score (nSPS) is 17.6. The molecule has 0 bridgehead atoms. The van der Waals surface area contributed by atoms with Crippen molar-refractivity contribution >= 4 is 11.6 Å². The molecule has 0 saturated carbocycles. The molecular formula is C11H13ClFN. The minimum absolute atomic E-state index is 0.244. The molecule has 1 aromatic rings. The predicted octanol–water partition coefficient (Wildman–Crippen LogP) is 2.51. The Hall–Kier alpha value is -0.600. The first-order valence-corrected chi connectivity index (χ1v) is 5.20. The SMILES string of the molecule is CN1CCc2cc(F)c(Cl)cc2CC1. The summed E-state index contributed by atoms with van der Waals surface area (Å²) in [7, 11) is 2.09. The van der Waals surface area contributed by atoms with E-state index >= 15 is 0 Å². The van der Waals surface area contributed by atoms with Gasteiger partial charge in [0.05, 0.1) is 5.02 Å². The minimum Gasteiger partial charge on any atom is -0.306 e. The van der Waals surface area contributed by atoms with Crippen LogP contribution in [0.2, 0.25) is 5.02 Å². The Kier molecular flexibility index (Phi) is 2.75. The molecule has 1 aromatic carbocycles. The van der Waals surface area contributed by atoms with Gasteiger partial charge in [-0.1, -0.05) is 11.6 Å². The van der Waals surface area contributed by atoms with Crippen LogP contribution >= 0.6 is 11.6 Å². The number of hydrogen-bond donors (Lipinski definition) is 0. The van der Waals surface area contributed by atoms with E-state index in [9.17, 15) is 4.39 Å². The van der Waals surface area contributed by atoms with E-state index in [-0.39, 0.29) is 10.8 Å². The summed E-state index contributed by atoms with van der Waals surface area (Å²) in [6.45, 7) is 2.02. The highest BCUT2D eigenvalue weighted by atomic mass is 35.5. The van der Waals surface area contributed by atoms with Gasteiger partial charge in [-0.3, -0.25) is 0 Å². The average Bonchev–Trinajstić information content (AvgIpc) is 2.31. The Morgan fingerprint density at radius 1 is 1.21 bits per heavy atom. The number of rotatable bonds is 0. The number of fused-ring (bicyclic) bond motifs is 1. The molecule has 1 aliphatic heterocycles. The second-order valence-corrected chi connectivity index (χ2v) is 4.25. The van der Waals surface area contributed by atoms with Crippen LogP contribution in [0.5, 0.6) is 0 Å². The van der Waals surface area contributed by atoms with Crippen molar-refractivity contribution in [3.63, 3.8) is 0 Å². The van der Waals surface area contributed by atoms with E-state index in [1.807, 2.05) is 0 Å². The highest BCUT2D eigenvalue weighted by Crippen LogP contribution is 2.23. The van der Waals surface area contributed by atoms with E-state index in [1.54, 1.807) is 12.1 Å². The van der Waals surface area contributed by atoms with Gasteiger partial charge in [0, 0.05) is 13.1 Å². The summed E-state index contributed by atoms with van der Waals surface area (Å²) < 4.78 is 13.2. The molecule has 3 heteroatoms. The Balaban J connectivity index is 2.36. The molecule has 0 amide bonds. The lowest BCUT2D eigenvalue weighted by atomic mass is 10.0. The van der Waals surface area contributed by atoms with Gasteiger partial charge in [0.15, 0.2) is 0 Å². The van der Waals surface area contributed by atoms with Gasteiger partial charge in [-0.15, -0.1) is 0 Å². The molecule has 2 rings (SSSR count). The molecule has 0 atom stereocenters. The highest BCUT2D eigenvalue weighted by Gasteiger charge is 2.13. The van der Waals surface area contributed by atoms with Crippen molar-refractivity contribution in [3.8, 4) is 0 Å². The second-order valence-electron chi connectivity index (χ2n) is 3.84. The first-order chi connectivity index (χ1) is 6.66. The zero-order valence-corrected chi connectivity index (χ0v) is 8.94. The van der Waals surface area contributed by atoms with Gasteiger partial charge in [-0.25, -0.2) is 4.39 Å². The van der Waals surface area contributed by atoms with Crippen molar-refractivity contribution < 1.29 is 4.39 Å². The van der Waals surface area contributed by atoms with Crippen molar-refractivity contribution in [2.75, 3.05) is 20.1 Å². The standard InChI is InChI=1S/C11H13ClFN/c1-14-4-2-8-6-10(12)11(13)7-9(8)3-5-14/h6-7H,2-5H2,1H3. The minimum atomic E-state index is -0.296. The average molecular weight is 214 g/mol. The second kappa shape index (κ2) is 3.87. The molecule has 0 unspecified atom stereocenters. The van der Waals surface area contributed by atoms with Crippen molar-refractivity contribution in [3.05, 3.63) is 34.1 Å². The highest BCUT2D eigenvalue weighted by molar-refractivity contribution is 6.30. The van der Waals surface area contributed by atoms with Gasteiger partial charge < -0.3 is 4.90 Å². The van der Waals surface area contributed by atoms with Gasteiger partial charge >= 0.3 is 0 Å². The van der Waals surface area contributed by atoms with Crippen LogP contribution in [-0.2, 0) is 12.8 Å². The van der Waals surface area contributed by atoms with Gasteiger partial charge in [0.25, 0.3) is 0 Å². The molecule has 0 radical (unpaired) electrons. The van der Waals surface area contributed by atoms with Crippen LogP contribution in [0.4, 0.5) is 4.39 Å². The molecule has 1 heterocycles. The third-order valence-corrected chi connectivity index (χ3v) is 3.06. The molecular weight excluding hydrogens is 201 g/mol. The Labute approximate surface area is 88.5 Å². The fourth-order valence-corrected chi connectivity index (χ4v) is 2.02. The maximum Gasteiger partial charge on any atom is 0.142 e. The predicted molar refractivity (Wildman–Crippen MR) is 56.3 cm³/mol. The molecule has 0 saturated heterocycles. The fourth-order valence-electron chi connectivity index (χ4n) is 1.83. The molecule has 1 nitrogen and oxygen atoms in total. The topological polar surface area (TPSA) is 3.24 Å². The van der Waals surface area contributed by atoms with Gasteiger partial charge in [0.1, 0.15) is 5.82 Å². The van der Waals surface area contributed by atoms with E-state index in [0.717, 1.165) is 31.5 Å². The first kappa shape index (κ1) is 9.94. The lowest BCUT2D eigenvalue weighted by Crippen LogP contribution is -2.20. The van der Waals surface area contributed by atoms with E-state index in [1.165, 1.54) is 5.56 Å². The van der Waals surface area contributed by atoms with Gasteiger partial charge in [0.2, 0.25) is 0 Å². The van der Waals surface area contributed by atoms with Crippen LogP contribution in [0.15, 0.2) is 12.1 Å². The lowest BCUT2D eigenvalue weighted by Gasteiger charge is -2.10. The van der Waals surface area contributed by atoms with Crippen molar-refractivity contribution in [1.82, 2.24) is 4.90 Å². The molecule has 0 aromatic heterocycles. The fraction of sp³-hybridized carbons (Fsp3) is 0.455. The maximum absolute atomic E-state index is 13.2. The quantitative estimate of drug-likeness (QED) is 0.640. The Morgan fingerprint density at radius 2 is 1.79 bits per heavy atom. The molecule has 0 aliphatic carbocycles. The van der Waals surface area contributed by atoms with E-state index in [2.05, 4.69) is 11.9 Å². The maximum atomic E-state index is 13.2. The van der Waals surface area contributed by atoms with E-state index in [0.29, 0.717) is 0 Å². The van der Waals surface area contributed by atoms with Crippen LogP contribution in [0, 0.1) is 5.82 Å². The lowest BCUT2D eigenvalue weighted by molar-refractivity contribution is 0.352. The molecule has 76 valence electrons. The smallest absolute Gasteiger partial charge is 0.142 e. The van der Waals surface area contributed by atoms with Crippen LogP contribution in [0.3, 0.4) is 0 Å². The molecule has 0 fully saturated rings. The third kappa shape index (κ3) is 1.91. The van der Waals surface area contributed by atoms with Crippen LogP contribution in [0.25, 0.3) is 0 Å². The number of nitrogens with zero attached hydrogens (tertiary/aromatic N) is 1. The Bertz CT molecular complexity index is 318. The summed E-state index contributed by atoms with van der Waals surface area (Å²) in [6, 6.07) is 3.35. The van der Waals surface area contributed by atoms with Crippen LogP contribution < -0.4 is 0 Å². The Morgan fingerprint density at radius 3 is 2.43 bits per heavy atom. The van der Waals surface area contributed by atoms with E-state index in [4.69, 9.17) is 11.6 Å². The van der Waals surface area contributed by atoms with Crippen LogP contribution in [-0.4, -0.2) is 25.0 Å². The molecule has 0 spiro atoms. The number of benzene rings is 1. The van der Waals surface area contributed by atoms with Crippen molar-refractivity contribution in [2.24, 2.45) is 0 Å². The number of likely N-dealkylation sites (N-methyl/N-ethyl adjacent to an activating group) is 1. The number of halogens is 2. The third-order valence-electron chi connectivity index (χ3n) is 2.77. The monoisotopic (exact) mass is 213 g/mol. The summed E-state index contributed by atoms with van der Waals surface area (Å²) in [5, 5.41) is 0.244. The molecule has 14 heavy (non-hydrogen) atoms. The summed E-state index contributed by atoms with van der Waals surface area (Å²) in [4.78, 5) is 2.26. The zero-order valence-electron chi connectivity index (χ0n) is 8.19. The van der Waals surface area contributed by atoms with E-state index < -0.39 is 0 Å².